The van der Waals surface area contributed by atoms with Gasteiger partial charge in [-0.2, -0.15) is 0 Å². The van der Waals surface area contributed by atoms with Crippen LogP contribution in [-0.2, 0) is 15.1 Å². The molecule has 1 heterocycles. The fraction of sp³-hybridized carbons (Fsp3) is 0.650. The molecule has 2 N–H and O–H groups in total. The summed E-state index contributed by atoms with van der Waals surface area (Å²) in [6.45, 7) is 1.07. The Morgan fingerprint density at radius 2 is 1.96 bits per heavy atom. The molecule has 1 aromatic rings. The van der Waals surface area contributed by atoms with Crippen LogP contribution in [0.15, 0.2) is 30.3 Å². The Kier molecular flexibility index (Phi) is 5.67. The number of likely N-dealkylation sites (tertiary alicyclic amines) is 1. The molecule has 26 heavy (non-hydrogen) atoms. The number of aliphatic hydroxyl groups is 2. The van der Waals surface area contributed by atoms with Gasteiger partial charge < -0.3 is 29.3 Å². The Hall–Kier alpha value is -1.47. The Balaban J connectivity index is 1.75. The van der Waals surface area contributed by atoms with E-state index in [1.807, 2.05) is 37.4 Å². The highest BCUT2D eigenvalue weighted by atomic mass is 16.6. The van der Waals surface area contributed by atoms with E-state index in [1.54, 1.807) is 0 Å². The number of carboxylic acids is 1. The number of likely N-dealkylation sites (N-methyl/N-ethyl adjacent to an activating group) is 1. The summed E-state index contributed by atoms with van der Waals surface area (Å²) >= 11 is 0. The van der Waals surface area contributed by atoms with Crippen LogP contribution in [0.4, 0.5) is 0 Å². The van der Waals surface area contributed by atoms with Gasteiger partial charge in [0.2, 0.25) is 0 Å². The van der Waals surface area contributed by atoms with E-state index in [0.29, 0.717) is 29.6 Å². The van der Waals surface area contributed by atoms with Gasteiger partial charge >= 0.3 is 0 Å². The smallest absolute Gasteiger partial charge is 0.188 e. The Bertz CT molecular complexity index is 618. The summed E-state index contributed by atoms with van der Waals surface area (Å²) in [4.78, 5) is 11.0. The summed E-state index contributed by atoms with van der Waals surface area (Å²) in [5.74, 6) is -1.13. The molecule has 2 fully saturated rings. The van der Waals surface area contributed by atoms with Crippen LogP contribution in [0.25, 0.3) is 0 Å². The lowest BCUT2D eigenvalue weighted by atomic mass is 9.79. The maximum atomic E-state index is 11.5. The van der Waals surface area contributed by atoms with Crippen molar-refractivity contribution < 1.29 is 29.3 Å². The number of carboxylic acid groups (broad SMARTS) is 1. The molecule has 1 saturated heterocycles. The van der Waals surface area contributed by atoms with Crippen molar-refractivity contribution in [2.75, 3.05) is 26.7 Å². The van der Waals surface area contributed by atoms with Gasteiger partial charge in [0.05, 0.1) is 19.6 Å². The van der Waals surface area contributed by atoms with E-state index in [2.05, 4.69) is 0 Å². The van der Waals surface area contributed by atoms with Gasteiger partial charge in [0.15, 0.2) is 6.29 Å². The molecule has 1 aromatic carbocycles. The van der Waals surface area contributed by atoms with Crippen LogP contribution in [0.2, 0.25) is 0 Å². The Morgan fingerprint density at radius 3 is 2.58 bits per heavy atom. The Morgan fingerprint density at radius 1 is 1.31 bits per heavy atom. The van der Waals surface area contributed by atoms with Crippen molar-refractivity contribution in [3.8, 4) is 0 Å². The first-order valence-electron chi connectivity index (χ1n) is 9.48. The van der Waals surface area contributed by atoms with E-state index in [4.69, 9.17) is 4.74 Å². The fourth-order valence-corrected chi connectivity index (χ4v) is 4.63. The number of carbonyl (C=O) groups excluding carboxylic acids is 1. The lowest BCUT2D eigenvalue weighted by Crippen LogP contribution is -2.51. The lowest BCUT2D eigenvalue weighted by molar-refractivity contribution is -0.893. The third-order valence-electron chi connectivity index (χ3n) is 6.06. The number of ether oxygens (including phenoxy) is 1. The Labute approximate surface area is 154 Å². The topological polar surface area (TPSA) is 89.8 Å². The van der Waals surface area contributed by atoms with Gasteiger partial charge in [-0.25, -0.2) is 0 Å². The lowest BCUT2D eigenvalue weighted by Gasteiger charge is -2.39. The second kappa shape index (κ2) is 7.64. The predicted molar refractivity (Wildman–Crippen MR) is 93.6 cm³/mol. The van der Waals surface area contributed by atoms with Gasteiger partial charge in [0.25, 0.3) is 0 Å². The summed E-state index contributed by atoms with van der Waals surface area (Å²) in [6.07, 6.45) is 2.81. The molecule has 4 atom stereocenters. The summed E-state index contributed by atoms with van der Waals surface area (Å²) in [5, 5.41) is 33.3. The van der Waals surface area contributed by atoms with E-state index < -0.39 is 17.9 Å². The highest BCUT2D eigenvalue weighted by Crippen LogP contribution is 2.43. The number of hydrogen-bond acceptors (Lipinski definition) is 5. The van der Waals surface area contributed by atoms with E-state index in [9.17, 15) is 20.1 Å². The zero-order valence-corrected chi connectivity index (χ0v) is 15.3. The first-order chi connectivity index (χ1) is 12.3. The summed E-state index contributed by atoms with van der Waals surface area (Å²) in [6, 6.07) is 9.24. The molecule has 6 heteroatoms. The van der Waals surface area contributed by atoms with Crippen LogP contribution in [0, 0.1) is 5.92 Å². The molecule has 144 valence electrons. The molecule has 3 unspecified atom stereocenters. The highest BCUT2D eigenvalue weighted by Gasteiger charge is 2.48. The number of carbonyl (C=O) groups is 1. The number of rotatable bonds is 7. The van der Waals surface area contributed by atoms with E-state index in [-0.39, 0.29) is 18.6 Å². The van der Waals surface area contributed by atoms with Gasteiger partial charge in [0.1, 0.15) is 24.8 Å². The van der Waals surface area contributed by atoms with Crippen LogP contribution in [0.5, 0.6) is 0 Å². The SMILES string of the molecule is C[N+]1(CC(=O)[O-])CC[C@@H](OC(O)C(O)(c2ccccc2)C2CCCC2)C1. The molecule has 0 aromatic heterocycles. The van der Waals surface area contributed by atoms with Crippen molar-refractivity contribution in [1.29, 1.82) is 0 Å². The minimum absolute atomic E-state index is 0.0506. The third kappa shape index (κ3) is 3.93. The second-order valence-corrected chi connectivity index (χ2v) is 8.13. The summed E-state index contributed by atoms with van der Waals surface area (Å²) in [5.41, 5.74) is -0.776. The van der Waals surface area contributed by atoms with Gasteiger partial charge in [-0.1, -0.05) is 43.2 Å². The first kappa shape index (κ1) is 19.3. The zero-order chi connectivity index (χ0) is 18.8. The van der Waals surface area contributed by atoms with Crippen LogP contribution in [0.3, 0.4) is 0 Å². The van der Waals surface area contributed by atoms with E-state index >= 15 is 0 Å². The van der Waals surface area contributed by atoms with Crippen LogP contribution < -0.4 is 5.11 Å². The summed E-state index contributed by atoms with van der Waals surface area (Å²) in [7, 11) is 1.85. The molecule has 0 amide bonds. The number of aliphatic hydroxyl groups excluding tert-OH is 1. The standard InChI is InChI=1S/C20H29NO5/c1-21(14-18(22)23)12-11-17(13-21)26-19(24)20(25,16-9-5-6-10-16)15-7-3-2-4-8-15/h2-4,7-8,16-17,19,24-25H,5-6,9-14H2,1H3/t17-,19?,20?,21?/m1/s1. The fourth-order valence-electron chi connectivity index (χ4n) is 4.63. The van der Waals surface area contributed by atoms with Gasteiger partial charge in [-0.15, -0.1) is 0 Å². The average molecular weight is 363 g/mol. The number of aliphatic carboxylic acids is 1. The predicted octanol–water partition coefficient (Wildman–Crippen LogP) is 0.368. The molecular formula is C20H29NO5. The van der Waals surface area contributed by atoms with Crippen molar-refractivity contribution in [3.05, 3.63) is 35.9 Å². The molecule has 1 aliphatic heterocycles. The molecule has 0 radical (unpaired) electrons. The quantitative estimate of drug-likeness (QED) is 0.540. The molecule has 0 spiro atoms. The van der Waals surface area contributed by atoms with Crippen molar-refractivity contribution in [3.63, 3.8) is 0 Å². The molecule has 2 aliphatic rings. The molecule has 1 aliphatic carbocycles. The monoisotopic (exact) mass is 363 g/mol. The van der Waals surface area contributed by atoms with E-state index in [1.165, 1.54) is 0 Å². The minimum Gasteiger partial charge on any atom is -0.544 e. The maximum absolute atomic E-state index is 11.5. The maximum Gasteiger partial charge on any atom is 0.188 e. The van der Waals surface area contributed by atoms with Crippen LogP contribution in [0.1, 0.15) is 37.7 Å². The molecule has 1 saturated carbocycles. The average Bonchev–Trinajstić information content (AvgIpc) is 3.25. The number of nitrogens with zero attached hydrogens (tertiary/aromatic N) is 1. The third-order valence-corrected chi connectivity index (χ3v) is 6.06. The van der Waals surface area contributed by atoms with Gasteiger partial charge in [-0.3, -0.25) is 0 Å². The van der Waals surface area contributed by atoms with Crippen molar-refractivity contribution in [2.24, 2.45) is 5.92 Å². The first-order valence-corrected chi connectivity index (χ1v) is 9.48. The van der Waals surface area contributed by atoms with Gasteiger partial charge in [0, 0.05) is 6.42 Å². The summed E-state index contributed by atoms with van der Waals surface area (Å²) < 4.78 is 6.22. The van der Waals surface area contributed by atoms with E-state index in [0.717, 1.165) is 25.7 Å². The highest BCUT2D eigenvalue weighted by molar-refractivity contribution is 5.65. The normalized spacial score (nSPS) is 30.2. The number of benzene rings is 1. The van der Waals surface area contributed by atoms with Gasteiger partial charge in [-0.05, 0) is 24.3 Å². The minimum atomic E-state index is -1.45. The molecular weight excluding hydrogens is 334 g/mol. The van der Waals surface area contributed by atoms with Crippen molar-refractivity contribution in [1.82, 2.24) is 0 Å². The number of quaternary nitrogens is 1. The molecule has 3 rings (SSSR count). The largest absolute Gasteiger partial charge is 0.544 e. The van der Waals surface area contributed by atoms with Crippen molar-refractivity contribution >= 4 is 5.97 Å². The zero-order valence-electron chi connectivity index (χ0n) is 15.3. The number of hydrogen-bond donors (Lipinski definition) is 2. The molecule has 6 nitrogen and oxygen atoms in total. The van der Waals surface area contributed by atoms with Crippen LogP contribution >= 0.6 is 0 Å². The molecule has 0 bridgehead atoms. The van der Waals surface area contributed by atoms with Crippen LogP contribution in [-0.4, -0.2) is 59.7 Å². The van der Waals surface area contributed by atoms with Crippen molar-refractivity contribution in [2.45, 2.75) is 50.1 Å². The second-order valence-electron chi connectivity index (χ2n) is 8.13.